The molecule has 39 heavy (non-hydrogen) atoms. The van der Waals surface area contributed by atoms with Crippen LogP contribution in [-0.4, -0.2) is 72.6 Å². The number of carboxylic acid groups (broad SMARTS) is 2. The van der Waals surface area contributed by atoms with E-state index in [1.807, 2.05) is 38.4 Å². The average molecular weight is 563 g/mol. The van der Waals surface area contributed by atoms with Gasteiger partial charge in [-0.05, 0) is 32.4 Å². The van der Waals surface area contributed by atoms with E-state index in [-0.39, 0.29) is 0 Å². The smallest absolute Gasteiger partial charge is 0.475 e. The summed E-state index contributed by atoms with van der Waals surface area (Å²) in [7, 11) is 0. The maximum atomic E-state index is 10.6. The minimum Gasteiger partial charge on any atom is -0.475 e. The molecule has 0 spiro atoms. The van der Waals surface area contributed by atoms with Gasteiger partial charge in [-0.3, -0.25) is 9.88 Å². The van der Waals surface area contributed by atoms with Gasteiger partial charge in [0.1, 0.15) is 12.1 Å². The summed E-state index contributed by atoms with van der Waals surface area (Å²) in [6.45, 7) is 6.81. The van der Waals surface area contributed by atoms with Crippen LogP contribution in [0, 0.1) is 13.8 Å². The lowest BCUT2D eigenvalue weighted by molar-refractivity contribution is -0.193. The quantitative estimate of drug-likeness (QED) is 0.449. The van der Waals surface area contributed by atoms with Crippen molar-refractivity contribution in [1.29, 1.82) is 0 Å². The Morgan fingerprint density at radius 2 is 1.49 bits per heavy atom. The molecule has 0 aromatic carbocycles. The number of carbonyl (C=O) groups is 2. The standard InChI is InChI=1S/C19H21N5O.2C2HF3O2/c1-13-17(14(2)25-23-13)11-24-9-5-16-18(6-10-24)21-12-22-19(16)15-3-7-20-8-4-15;2*3-2(4,5)1(6)7/h3-4,7-8,12H,5-6,9-11H2,1-2H3;2*(H,6,7). The highest BCUT2D eigenvalue weighted by Crippen LogP contribution is 2.26. The lowest BCUT2D eigenvalue weighted by Crippen LogP contribution is -2.26. The number of carboxylic acids is 2. The molecule has 16 heteroatoms. The Labute approximate surface area is 217 Å². The van der Waals surface area contributed by atoms with Gasteiger partial charge in [0.25, 0.3) is 0 Å². The van der Waals surface area contributed by atoms with E-state index in [0.29, 0.717) is 0 Å². The molecule has 1 aliphatic rings. The Morgan fingerprint density at radius 1 is 0.949 bits per heavy atom. The fourth-order valence-electron chi connectivity index (χ4n) is 3.44. The van der Waals surface area contributed by atoms with Gasteiger partial charge in [0.15, 0.2) is 0 Å². The number of pyridine rings is 1. The second kappa shape index (κ2) is 13.1. The van der Waals surface area contributed by atoms with Gasteiger partial charge in [-0.25, -0.2) is 19.6 Å². The topological polar surface area (TPSA) is 143 Å². The number of fused-ring (bicyclic) bond motifs is 1. The van der Waals surface area contributed by atoms with Gasteiger partial charge in [0.2, 0.25) is 0 Å². The summed E-state index contributed by atoms with van der Waals surface area (Å²) in [4.78, 5) is 33.4. The molecule has 0 amide bonds. The molecule has 10 nitrogen and oxygen atoms in total. The molecule has 0 saturated heterocycles. The fourth-order valence-corrected chi connectivity index (χ4v) is 3.44. The predicted molar refractivity (Wildman–Crippen MR) is 121 cm³/mol. The van der Waals surface area contributed by atoms with Gasteiger partial charge in [0.05, 0.1) is 11.4 Å². The maximum Gasteiger partial charge on any atom is 0.490 e. The Kier molecular flexibility index (Phi) is 10.5. The Morgan fingerprint density at radius 3 is 1.97 bits per heavy atom. The molecular weight excluding hydrogens is 540 g/mol. The molecule has 0 aliphatic carbocycles. The Balaban J connectivity index is 0.000000317. The van der Waals surface area contributed by atoms with Crippen molar-refractivity contribution in [1.82, 2.24) is 25.0 Å². The van der Waals surface area contributed by atoms with E-state index in [1.165, 1.54) is 11.1 Å². The average Bonchev–Trinajstić information content (AvgIpc) is 3.04. The summed E-state index contributed by atoms with van der Waals surface area (Å²) in [5.74, 6) is -4.60. The van der Waals surface area contributed by atoms with Gasteiger partial charge in [0, 0.05) is 60.8 Å². The van der Waals surface area contributed by atoms with E-state index in [9.17, 15) is 26.3 Å². The Hall–Kier alpha value is -4.08. The van der Waals surface area contributed by atoms with Gasteiger partial charge in [-0.1, -0.05) is 5.16 Å². The maximum absolute atomic E-state index is 10.6. The zero-order valence-corrected chi connectivity index (χ0v) is 20.5. The number of hydrogen-bond donors (Lipinski definition) is 2. The number of nitrogens with zero attached hydrogens (tertiary/aromatic N) is 5. The lowest BCUT2D eigenvalue weighted by atomic mass is 10.0. The minimum atomic E-state index is -5.08. The third-order valence-corrected chi connectivity index (χ3v) is 5.38. The van der Waals surface area contributed by atoms with Gasteiger partial charge in [-0.15, -0.1) is 0 Å². The highest BCUT2D eigenvalue weighted by atomic mass is 19.4. The minimum absolute atomic E-state index is 0.868. The molecule has 4 heterocycles. The van der Waals surface area contributed by atoms with Crippen LogP contribution in [-0.2, 0) is 29.0 Å². The monoisotopic (exact) mass is 563 g/mol. The number of halogens is 6. The SMILES string of the molecule is Cc1noc(C)c1CN1CCc2ncnc(-c3ccncc3)c2CC1.O=C(O)C(F)(F)F.O=C(O)C(F)(F)F. The van der Waals surface area contributed by atoms with Crippen LogP contribution < -0.4 is 0 Å². The van der Waals surface area contributed by atoms with Crippen LogP contribution >= 0.6 is 0 Å². The van der Waals surface area contributed by atoms with Crippen LogP contribution in [0.25, 0.3) is 11.3 Å². The predicted octanol–water partition coefficient (Wildman–Crippen LogP) is 4.01. The summed E-state index contributed by atoms with van der Waals surface area (Å²) >= 11 is 0. The lowest BCUT2D eigenvalue weighted by Gasteiger charge is -2.19. The normalized spacial score (nSPS) is 13.6. The third kappa shape index (κ3) is 9.31. The van der Waals surface area contributed by atoms with Crippen LogP contribution in [0.1, 0.15) is 28.3 Å². The number of rotatable bonds is 3. The van der Waals surface area contributed by atoms with E-state index < -0.39 is 24.3 Å². The van der Waals surface area contributed by atoms with Crippen molar-refractivity contribution < 1.29 is 50.7 Å². The molecule has 212 valence electrons. The number of aryl methyl sites for hydroxylation is 2. The van der Waals surface area contributed by atoms with Crippen LogP contribution in [0.15, 0.2) is 35.4 Å². The van der Waals surface area contributed by atoms with Crippen molar-refractivity contribution >= 4 is 11.9 Å². The summed E-state index contributed by atoms with van der Waals surface area (Å²) in [6.07, 6.45) is -3.00. The summed E-state index contributed by atoms with van der Waals surface area (Å²) in [6, 6.07) is 4.02. The molecule has 0 atom stereocenters. The van der Waals surface area contributed by atoms with Crippen molar-refractivity contribution in [3.8, 4) is 11.3 Å². The zero-order valence-electron chi connectivity index (χ0n) is 20.5. The molecule has 4 rings (SSSR count). The van der Waals surface area contributed by atoms with Gasteiger partial charge < -0.3 is 14.7 Å². The highest BCUT2D eigenvalue weighted by Gasteiger charge is 2.38. The van der Waals surface area contributed by atoms with E-state index in [2.05, 4.69) is 25.0 Å². The summed E-state index contributed by atoms with van der Waals surface area (Å²) < 4.78 is 68.8. The molecule has 1 aliphatic heterocycles. The zero-order chi connectivity index (χ0) is 29.4. The third-order valence-electron chi connectivity index (χ3n) is 5.38. The largest absolute Gasteiger partial charge is 0.490 e. The highest BCUT2D eigenvalue weighted by molar-refractivity contribution is 5.73. The van der Waals surface area contributed by atoms with Crippen molar-refractivity contribution in [2.45, 2.75) is 45.6 Å². The van der Waals surface area contributed by atoms with E-state index in [0.717, 1.165) is 60.9 Å². The van der Waals surface area contributed by atoms with Crippen molar-refractivity contribution in [2.75, 3.05) is 13.1 Å². The first-order chi connectivity index (χ1) is 18.1. The van der Waals surface area contributed by atoms with E-state index in [4.69, 9.17) is 24.3 Å². The molecule has 2 N–H and O–H groups in total. The number of hydrogen-bond acceptors (Lipinski definition) is 8. The van der Waals surface area contributed by atoms with Crippen molar-refractivity contribution in [2.24, 2.45) is 0 Å². The summed E-state index contributed by atoms with van der Waals surface area (Å²) in [5, 5.41) is 18.3. The van der Waals surface area contributed by atoms with E-state index >= 15 is 0 Å². The number of aliphatic carboxylic acids is 2. The van der Waals surface area contributed by atoms with Crippen LogP contribution in [0.2, 0.25) is 0 Å². The van der Waals surface area contributed by atoms with Crippen molar-refractivity contribution in [3.05, 3.63) is 59.1 Å². The molecular formula is C23H23F6N5O5. The molecule has 3 aromatic rings. The van der Waals surface area contributed by atoms with Gasteiger partial charge in [-0.2, -0.15) is 26.3 Å². The number of aromatic nitrogens is 4. The molecule has 0 unspecified atom stereocenters. The first-order valence-corrected chi connectivity index (χ1v) is 11.1. The molecule has 0 bridgehead atoms. The fraction of sp³-hybridized carbons (Fsp3) is 0.391. The number of alkyl halides is 6. The molecule has 0 radical (unpaired) electrons. The first kappa shape index (κ1) is 31.1. The van der Waals surface area contributed by atoms with Crippen molar-refractivity contribution in [3.63, 3.8) is 0 Å². The molecule has 0 saturated carbocycles. The van der Waals surface area contributed by atoms with Crippen LogP contribution in [0.3, 0.4) is 0 Å². The second-order valence-corrected chi connectivity index (χ2v) is 8.07. The second-order valence-electron chi connectivity index (χ2n) is 8.07. The van der Waals surface area contributed by atoms with E-state index in [1.54, 1.807) is 6.33 Å². The Bertz CT molecular complexity index is 1220. The van der Waals surface area contributed by atoms with Crippen LogP contribution in [0.5, 0.6) is 0 Å². The molecule has 3 aromatic heterocycles. The first-order valence-electron chi connectivity index (χ1n) is 11.1. The van der Waals surface area contributed by atoms with Gasteiger partial charge >= 0.3 is 24.3 Å². The van der Waals surface area contributed by atoms with Crippen LogP contribution in [0.4, 0.5) is 26.3 Å². The summed E-state index contributed by atoms with van der Waals surface area (Å²) in [5.41, 5.74) is 6.74. The molecule has 0 fully saturated rings.